The lowest BCUT2D eigenvalue weighted by molar-refractivity contribution is -0.136. The van der Waals surface area contributed by atoms with E-state index in [1.165, 1.54) is 0 Å². The number of carbonyl (C=O) groups is 1. The molecule has 72 valence electrons. The molecule has 0 amide bonds. The predicted octanol–water partition coefficient (Wildman–Crippen LogP) is -0.974. The van der Waals surface area contributed by atoms with Crippen LogP contribution < -0.4 is 11.1 Å². The zero-order valence-electron chi connectivity index (χ0n) is 7.08. The lowest BCUT2D eigenvalue weighted by Crippen LogP contribution is -2.23. The van der Waals surface area contributed by atoms with Gasteiger partial charge in [0.05, 0.1) is 19.6 Å². The Labute approximate surface area is 71.9 Å². The van der Waals surface area contributed by atoms with Crippen LogP contribution in [-0.2, 0) is 9.53 Å². The molecule has 4 N–H and O–H groups in total. The number of nitrogens with two attached hydrogens (primary N) is 1. The minimum atomic E-state index is -0.787. The van der Waals surface area contributed by atoms with Crippen LogP contribution in [0.4, 0.5) is 0 Å². The summed E-state index contributed by atoms with van der Waals surface area (Å²) in [4.78, 5) is 10.0. The number of ether oxygens (including phenoxy) is 1. The first kappa shape index (κ1) is 11.4. The van der Waals surface area contributed by atoms with Gasteiger partial charge in [0.15, 0.2) is 0 Å². The summed E-state index contributed by atoms with van der Waals surface area (Å²) in [7, 11) is 0. The van der Waals surface area contributed by atoms with E-state index in [2.05, 4.69) is 5.32 Å². The standard InChI is InChI=1S/C7H16N2O3/c8-2-5-12-6-4-9-3-1-7(10)11/h9H,1-6,8H2,(H,10,11). The van der Waals surface area contributed by atoms with Crippen LogP contribution in [0.25, 0.3) is 0 Å². The average molecular weight is 176 g/mol. The molecule has 0 aromatic heterocycles. The van der Waals surface area contributed by atoms with E-state index in [9.17, 15) is 4.79 Å². The maximum absolute atomic E-state index is 10.0. The first-order valence-electron chi connectivity index (χ1n) is 3.97. The van der Waals surface area contributed by atoms with Crippen LogP contribution in [0.1, 0.15) is 6.42 Å². The molecule has 0 radical (unpaired) electrons. The number of rotatable bonds is 8. The second kappa shape index (κ2) is 8.45. The zero-order valence-corrected chi connectivity index (χ0v) is 7.08. The summed E-state index contributed by atoms with van der Waals surface area (Å²) in [5.41, 5.74) is 5.19. The lowest BCUT2D eigenvalue weighted by Gasteiger charge is -2.03. The molecule has 0 unspecified atom stereocenters. The number of hydrogen-bond donors (Lipinski definition) is 3. The third-order valence-electron chi connectivity index (χ3n) is 1.20. The van der Waals surface area contributed by atoms with Crippen molar-refractivity contribution < 1.29 is 14.6 Å². The molecule has 0 heterocycles. The molecule has 0 aliphatic rings. The van der Waals surface area contributed by atoms with Crippen molar-refractivity contribution in [2.45, 2.75) is 6.42 Å². The van der Waals surface area contributed by atoms with E-state index in [1.807, 2.05) is 0 Å². The molecule has 12 heavy (non-hydrogen) atoms. The molecule has 0 spiro atoms. The molecule has 0 aliphatic heterocycles. The smallest absolute Gasteiger partial charge is 0.304 e. The van der Waals surface area contributed by atoms with Crippen LogP contribution >= 0.6 is 0 Å². The largest absolute Gasteiger partial charge is 0.481 e. The van der Waals surface area contributed by atoms with E-state index in [0.717, 1.165) is 0 Å². The van der Waals surface area contributed by atoms with Gasteiger partial charge >= 0.3 is 5.97 Å². The number of hydrogen-bond acceptors (Lipinski definition) is 4. The fourth-order valence-corrected chi connectivity index (χ4v) is 0.650. The summed E-state index contributed by atoms with van der Waals surface area (Å²) in [6.07, 6.45) is 0.150. The molecular formula is C7H16N2O3. The Hall–Kier alpha value is -0.650. The molecule has 5 nitrogen and oxygen atoms in total. The van der Waals surface area contributed by atoms with E-state index in [-0.39, 0.29) is 6.42 Å². The molecule has 0 fully saturated rings. The highest BCUT2D eigenvalue weighted by atomic mass is 16.5. The van der Waals surface area contributed by atoms with Crippen LogP contribution in [0.2, 0.25) is 0 Å². The Bertz CT molecular complexity index is 119. The van der Waals surface area contributed by atoms with Crippen molar-refractivity contribution in [3.05, 3.63) is 0 Å². The monoisotopic (exact) mass is 176 g/mol. The highest BCUT2D eigenvalue weighted by Crippen LogP contribution is 1.75. The summed E-state index contributed by atoms with van der Waals surface area (Å²) in [6, 6.07) is 0. The van der Waals surface area contributed by atoms with E-state index in [4.69, 9.17) is 15.6 Å². The van der Waals surface area contributed by atoms with Gasteiger partial charge in [0.1, 0.15) is 0 Å². The molecular weight excluding hydrogens is 160 g/mol. The SMILES string of the molecule is NCCOCCNCCC(=O)O. The van der Waals surface area contributed by atoms with Crippen LogP contribution in [0.3, 0.4) is 0 Å². The predicted molar refractivity (Wildman–Crippen MR) is 45.0 cm³/mol. The summed E-state index contributed by atoms with van der Waals surface area (Å²) >= 11 is 0. The van der Waals surface area contributed by atoms with Gasteiger partial charge in [0, 0.05) is 19.6 Å². The van der Waals surface area contributed by atoms with E-state index >= 15 is 0 Å². The van der Waals surface area contributed by atoms with Gasteiger partial charge in [-0.1, -0.05) is 0 Å². The minimum absolute atomic E-state index is 0.150. The average Bonchev–Trinajstić information content (AvgIpc) is 2.02. The molecule has 5 heteroatoms. The van der Waals surface area contributed by atoms with Crippen molar-refractivity contribution in [2.75, 3.05) is 32.8 Å². The van der Waals surface area contributed by atoms with Crippen molar-refractivity contribution >= 4 is 5.97 Å². The lowest BCUT2D eigenvalue weighted by atomic mass is 10.4. The van der Waals surface area contributed by atoms with E-state index < -0.39 is 5.97 Å². The molecule has 0 saturated carbocycles. The van der Waals surface area contributed by atoms with Gasteiger partial charge < -0.3 is 20.9 Å². The van der Waals surface area contributed by atoms with Gasteiger partial charge in [-0.25, -0.2) is 0 Å². The number of carboxylic acids is 1. The Morgan fingerprint density at radius 1 is 1.42 bits per heavy atom. The molecule has 0 atom stereocenters. The molecule has 0 aromatic carbocycles. The van der Waals surface area contributed by atoms with Crippen molar-refractivity contribution in [1.29, 1.82) is 0 Å². The van der Waals surface area contributed by atoms with Crippen LogP contribution in [0.5, 0.6) is 0 Å². The minimum Gasteiger partial charge on any atom is -0.481 e. The van der Waals surface area contributed by atoms with Crippen LogP contribution in [0, 0.1) is 0 Å². The van der Waals surface area contributed by atoms with E-state index in [0.29, 0.717) is 32.8 Å². The number of aliphatic carboxylic acids is 1. The first-order chi connectivity index (χ1) is 5.77. The third kappa shape index (κ3) is 9.35. The Morgan fingerprint density at radius 3 is 2.75 bits per heavy atom. The molecule has 0 aliphatic carbocycles. The summed E-state index contributed by atoms with van der Waals surface area (Å²) in [5, 5.41) is 11.2. The highest BCUT2D eigenvalue weighted by molar-refractivity contribution is 5.66. The number of nitrogens with one attached hydrogen (secondary N) is 1. The van der Waals surface area contributed by atoms with Crippen LogP contribution in [-0.4, -0.2) is 43.9 Å². The van der Waals surface area contributed by atoms with Crippen molar-refractivity contribution in [1.82, 2.24) is 5.32 Å². The van der Waals surface area contributed by atoms with Gasteiger partial charge in [0.2, 0.25) is 0 Å². The molecule has 0 aromatic rings. The van der Waals surface area contributed by atoms with E-state index in [1.54, 1.807) is 0 Å². The summed E-state index contributed by atoms with van der Waals surface area (Å²) in [6.45, 7) is 2.82. The van der Waals surface area contributed by atoms with Crippen molar-refractivity contribution in [2.24, 2.45) is 5.73 Å². The Balaban J connectivity index is 2.86. The van der Waals surface area contributed by atoms with Gasteiger partial charge in [-0.3, -0.25) is 4.79 Å². The second-order valence-corrected chi connectivity index (χ2v) is 2.29. The summed E-state index contributed by atoms with van der Waals surface area (Å²) < 4.78 is 5.05. The van der Waals surface area contributed by atoms with Crippen molar-refractivity contribution in [3.63, 3.8) is 0 Å². The van der Waals surface area contributed by atoms with Gasteiger partial charge in [0.25, 0.3) is 0 Å². The fraction of sp³-hybridized carbons (Fsp3) is 0.857. The van der Waals surface area contributed by atoms with Gasteiger partial charge in [-0.15, -0.1) is 0 Å². The zero-order chi connectivity index (χ0) is 9.23. The molecule has 0 rings (SSSR count). The fourth-order valence-electron chi connectivity index (χ4n) is 0.650. The van der Waals surface area contributed by atoms with Crippen LogP contribution in [0.15, 0.2) is 0 Å². The quantitative estimate of drug-likeness (QED) is 0.414. The topological polar surface area (TPSA) is 84.6 Å². The highest BCUT2D eigenvalue weighted by Gasteiger charge is 1.94. The first-order valence-corrected chi connectivity index (χ1v) is 3.97. The maximum Gasteiger partial charge on any atom is 0.304 e. The molecule has 0 bridgehead atoms. The maximum atomic E-state index is 10.0. The molecule has 0 saturated heterocycles. The Kier molecular flexibility index (Phi) is 7.99. The van der Waals surface area contributed by atoms with Crippen molar-refractivity contribution in [3.8, 4) is 0 Å². The van der Waals surface area contributed by atoms with Gasteiger partial charge in [-0.2, -0.15) is 0 Å². The van der Waals surface area contributed by atoms with Gasteiger partial charge in [-0.05, 0) is 0 Å². The normalized spacial score (nSPS) is 10.1. The second-order valence-electron chi connectivity index (χ2n) is 2.29. The summed E-state index contributed by atoms with van der Waals surface area (Å²) in [5.74, 6) is -0.787. The Morgan fingerprint density at radius 2 is 2.17 bits per heavy atom. The number of carboxylic acid groups (broad SMARTS) is 1. The third-order valence-corrected chi connectivity index (χ3v) is 1.20.